The Bertz CT molecular complexity index is 289. The lowest BCUT2D eigenvalue weighted by Crippen LogP contribution is -2.58. The second kappa shape index (κ2) is 3.65. The first-order valence-electron chi connectivity index (χ1n) is 5.33. The molecule has 1 aliphatic carbocycles. The molecule has 0 radical (unpaired) electrons. The molecular weight excluding hydrogens is 216 g/mol. The molecular formula is C11H19F2NO2. The molecule has 1 amide bonds. The van der Waals surface area contributed by atoms with Gasteiger partial charge in [-0.15, -0.1) is 0 Å². The molecule has 2 N–H and O–H groups in total. The number of aliphatic hydroxyl groups excluding tert-OH is 1. The zero-order chi connectivity index (χ0) is 12.8. The third-order valence-electron chi connectivity index (χ3n) is 2.73. The second-order valence-electron chi connectivity index (χ2n) is 6.01. The van der Waals surface area contributed by atoms with Crippen LogP contribution in [0.5, 0.6) is 0 Å². The summed E-state index contributed by atoms with van der Waals surface area (Å²) in [6.07, 6.45) is -2.23. The minimum atomic E-state index is -2.74. The number of halogens is 2. The molecule has 0 aromatic rings. The van der Waals surface area contributed by atoms with Crippen LogP contribution in [-0.2, 0) is 4.79 Å². The van der Waals surface area contributed by atoms with Crippen molar-refractivity contribution in [3.63, 3.8) is 0 Å². The van der Waals surface area contributed by atoms with Crippen LogP contribution in [0, 0.1) is 5.41 Å². The van der Waals surface area contributed by atoms with Crippen LogP contribution in [0.3, 0.4) is 0 Å². The molecule has 1 fully saturated rings. The summed E-state index contributed by atoms with van der Waals surface area (Å²) in [4.78, 5) is 11.6. The van der Waals surface area contributed by atoms with Crippen molar-refractivity contribution in [3.05, 3.63) is 0 Å². The number of alkyl halides is 2. The van der Waals surface area contributed by atoms with Crippen LogP contribution < -0.4 is 5.32 Å². The van der Waals surface area contributed by atoms with Crippen molar-refractivity contribution >= 4 is 5.91 Å². The summed E-state index contributed by atoms with van der Waals surface area (Å²) < 4.78 is 25.5. The van der Waals surface area contributed by atoms with E-state index in [1.54, 1.807) is 20.8 Å². The maximum atomic E-state index is 12.8. The van der Waals surface area contributed by atoms with Gasteiger partial charge in [0, 0.05) is 23.8 Å². The van der Waals surface area contributed by atoms with Crippen molar-refractivity contribution in [2.75, 3.05) is 0 Å². The normalized spacial score (nSPS) is 24.4. The van der Waals surface area contributed by atoms with Gasteiger partial charge in [-0.1, -0.05) is 6.92 Å². The Balaban J connectivity index is 2.59. The van der Waals surface area contributed by atoms with E-state index < -0.39 is 41.7 Å². The van der Waals surface area contributed by atoms with Crippen molar-refractivity contribution in [2.24, 2.45) is 5.41 Å². The van der Waals surface area contributed by atoms with Gasteiger partial charge >= 0.3 is 0 Å². The van der Waals surface area contributed by atoms with Gasteiger partial charge in [-0.3, -0.25) is 4.79 Å². The van der Waals surface area contributed by atoms with Crippen molar-refractivity contribution in [1.29, 1.82) is 0 Å². The van der Waals surface area contributed by atoms with Gasteiger partial charge in [-0.2, -0.15) is 0 Å². The molecule has 3 nitrogen and oxygen atoms in total. The van der Waals surface area contributed by atoms with Gasteiger partial charge in [0.1, 0.15) is 6.10 Å². The Labute approximate surface area is 94.2 Å². The van der Waals surface area contributed by atoms with E-state index in [1.165, 1.54) is 6.92 Å². The van der Waals surface area contributed by atoms with Crippen molar-refractivity contribution in [1.82, 2.24) is 5.32 Å². The van der Waals surface area contributed by atoms with Crippen molar-refractivity contribution in [3.8, 4) is 0 Å². The molecule has 0 spiro atoms. The molecule has 0 saturated heterocycles. The molecule has 5 heteroatoms. The molecule has 1 atom stereocenters. The summed E-state index contributed by atoms with van der Waals surface area (Å²) in [5.41, 5.74) is -1.47. The summed E-state index contributed by atoms with van der Waals surface area (Å²) >= 11 is 0. The molecule has 0 aromatic carbocycles. The Morgan fingerprint density at radius 1 is 1.38 bits per heavy atom. The first-order valence-corrected chi connectivity index (χ1v) is 5.33. The highest BCUT2D eigenvalue weighted by Crippen LogP contribution is 2.53. The first-order chi connectivity index (χ1) is 6.95. The molecule has 0 aliphatic heterocycles. The fraction of sp³-hybridized carbons (Fsp3) is 0.909. The van der Waals surface area contributed by atoms with Crippen LogP contribution in [0.15, 0.2) is 0 Å². The van der Waals surface area contributed by atoms with Gasteiger partial charge in [0.05, 0.1) is 0 Å². The summed E-state index contributed by atoms with van der Waals surface area (Å²) in [7, 11) is 0. The smallest absolute Gasteiger partial charge is 0.249 e. The van der Waals surface area contributed by atoms with Gasteiger partial charge in [0.25, 0.3) is 0 Å². The summed E-state index contributed by atoms with van der Waals surface area (Å²) in [5.74, 6) is -3.32. The number of carbonyl (C=O) groups excluding carboxylic acids is 1. The summed E-state index contributed by atoms with van der Waals surface area (Å²) in [6, 6.07) is 0. The summed E-state index contributed by atoms with van der Waals surface area (Å²) in [6.45, 7) is 6.83. The monoisotopic (exact) mass is 235 g/mol. The Morgan fingerprint density at radius 2 is 1.81 bits per heavy atom. The predicted molar refractivity (Wildman–Crippen MR) is 56.2 cm³/mol. The number of rotatable bonds is 2. The molecule has 0 heterocycles. The van der Waals surface area contributed by atoms with Crippen LogP contribution in [0.25, 0.3) is 0 Å². The predicted octanol–water partition coefficient (Wildman–Crippen LogP) is 1.70. The highest BCUT2D eigenvalue weighted by Gasteiger charge is 2.58. The Hall–Kier alpha value is -0.710. The highest BCUT2D eigenvalue weighted by molar-refractivity contribution is 5.82. The van der Waals surface area contributed by atoms with Crippen LogP contribution in [0.1, 0.15) is 40.5 Å². The largest absolute Gasteiger partial charge is 0.383 e. The fourth-order valence-corrected chi connectivity index (χ4v) is 2.08. The van der Waals surface area contributed by atoms with Gasteiger partial charge in [-0.25, -0.2) is 8.78 Å². The van der Waals surface area contributed by atoms with Crippen LogP contribution in [-0.4, -0.2) is 28.6 Å². The lowest BCUT2D eigenvalue weighted by Gasteiger charge is -2.47. The minimum Gasteiger partial charge on any atom is -0.383 e. The van der Waals surface area contributed by atoms with Crippen LogP contribution in [0.2, 0.25) is 0 Å². The van der Waals surface area contributed by atoms with E-state index in [1.807, 2.05) is 0 Å². The maximum Gasteiger partial charge on any atom is 0.249 e. The molecule has 1 unspecified atom stereocenters. The van der Waals surface area contributed by atoms with Gasteiger partial charge < -0.3 is 10.4 Å². The van der Waals surface area contributed by atoms with E-state index in [9.17, 15) is 18.7 Å². The minimum absolute atomic E-state index is 0.432. The van der Waals surface area contributed by atoms with E-state index in [4.69, 9.17) is 0 Å². The van der Waals surface area contributed by atoms with Crippen molar-refractivity contribution < 1.29 is 18.7 Å². The number of aliphatic hydroxyl groups is 1. The average molecular weight is 235 g/mol. The van der Waals surface area contributed by atoms with E-state index in [-0.39, 0.29) is 0 Å². The molecule has 0 aromatic heterocycles. The number of hydrogen-bond donors (Lipinski definition) is 2. The molecule has 1 rings (SSSR count). The molecule has 0 bridgehead atoms. The number of hydrogen-bond acceptors (Lipinski definition) is 2. The molecule has 1 saturated carbocycles. The van der Waals surface area contributed by atoms with Crippen molar-refractivity contribution in [2.45, 2.75) is 58.1 Å². The van der Waals surface area contributed by atoms with E-state index >= 15 is 0 Å². The fourth-order valence-electron chi connectivity index (χ4n) is 2.08. The van der Waals surface area contributed by atoms with Gasteiger partial charge in [-0.05, 0) is 20.8 Å². The number of amides is 1. The molecule has 1 aliphatic rings. The average Bonchev–Trinajstić information content (AvgIpc) is 1.95. The lowest BCUT2D eigenvalue weighted by molar-refractivity contribution is -0.195. The topological polar surface area (TPSA) is 49.3 Å². The standard InChI is InChI=1S/C11H19F2NO2/c1-9(2,3)14-8(16)7(15)10(4)5-11(12,13)6-10/h7,15H,5-6H2,1-4H3,(H,14,16). The highest BCUT2D eigenvalue weighted by atomic mass is 19.3. The quantitative estimate of drug-likeness (QED) is 0.765. The number of nitrogens with one attached hydrogen (secondary N) is 1. The molecule has 16 heavy (non-hydrogen) atoms. The number of carbonyl (C=O) groups is 1. The van der Waals surface area contributed by atoms with E-state index in [2.05, 4.69) is 5.32 Å². The zero-order valence-corrected chi connectivity index (χ0v) is 10.1. The van der Waals surface area contributed by atoms with E-state index in [0.717, 1.165) is 0 Å². The van der Waals surface area contributed by atoms with Crippen LogP contribution in [0.4, 0.5) is 8.78 Å². The third-order valence-corrected chi connectivity index (χ3v) is 2.73. The van der Waals surface area contributed by atoms with Gasteiger partial charge in [0.15, 0.2) is 0 Å². The summed E-state index contributed by atoms with van der Waals surface area (Å²) in [5, 5.41) is 12.3. The third kappa shape index (κ3) is 2.90. The first kappa shape index (κ1) is 13.4. The SMILES string of the molecule is CC(C)(C)NC(=O)C(O)C1(C)CC(F)(F)C1. The molecule has 94 valence electrons. The van der Waals surface area contributed by atoms with E-state index in [0.29, 0.717) is 0 Å². The zero-order valence-electron chi connectivity index (χ0n) is 10.1. The lowest BCUT2D eigenvalue weighted by atomic mass is 9.64. The van der Waals surface area contributed by atoms with Crippen LogP contribution >= 0.6 is 0 Å². The van der Waals surface area contributed by atoms with Gasteiger partial charge in [0.2, 0.25) is 11.8 Å². The Morgan fingerprint density at radius 3 is 2.12 bits per heavy atom. The maximum absolute atomic E-state index is 12.8. The Kier molecular flexibility index (Phi) is 3.05. The second-order valence-corrected chi connectivity index (χ2v) is 6.01.